The quantitative estimate of drug-likeness (QED) is 0.727. The lowest BCUT2D eigenvalue weighted by molar-refractivity contribution is -0.135. The molecule has 0 aliphatic heterocycles. The number of carboxylic acid groups (broad SMARTS) is 1. The predicted octanol–water partition coefficient (Wildman–Crippen LogP) is 0.328. The second kappa shape index (κ2) is 5.87. The maximum absolute atomic E-state index is 11.9. The molecule has 7 heteroatoms. The molecule has 0 atom stereocenters. The van der Waals surface area contributed by atoms with E-state index in [2.05, 4.69) is 10.3 Å². The molecule has 0 radical (unpaired) electrons. The van der Waals surface area contributed by atoms with Gasteiger partial charge in [0.05, 0.1) is 6.33 Å². The summed E-state index contributed by atoms with van der Waals surface area (Å²) in [5.41, 5.74) is 6.81. The van der Waals surface area contributed by atoms with E-state index >= 15 is 0 Å². The zero-order chi connectivity index (χ0) is 14.5. The molecule has 4 N–H and O–H groups in total. The zero-order valence-electron chi connectivity index (χ0n) is 10.6. The van der Waals surface area contributed by atoms with Crippen molar-refractivity contribution in [1.82, 2.24) is 14.9 Å². The first-order valence-corrected chi connectivity index (χ1v) is 5.92. The van der Waals surface area contributed by atoms with Gasteiger partial charge in [0.25, 0.3) is 5.91 Å². The Bertz CT molecular complexity index is 622. The van der Waals surface area contributed by atoms with Gasteiger partial charge in [0.1, 0.15) is 6.54 Å². The van der Waals surface area contributed by atoms with Crippen molar-refractivity contribution in [2.45, 2.75) is 6.54 Å². The summed E-state index contributed by atoms with van der Waals surface area (Å²) in [6.45, 7) is -0.0321. The predicted molar refractivity (Wildman–Crippen MR) is 72.2 cm³/mol. The zero-order valence-corrected chi connectivity index (χ0v) is 10.6. The number of rotatable bonds is 5. The van der Waals surface area contributed by atoms with Crippen molar-refractivity contribution in [3.63, 3.8) is 0 Å². The van der Waals surface area contributed by atoms with Crippen LogP contribution in [0.4, 0.5) is 5.82 Å². The summed E-state index contributed by atoms with van der Waals surface area (Å²) in [6, 6.07) is 9.50. The average Bonchev–Trinajstić information content (AvgIpc) is 2.78. The molecule has 0 unspecified atom stereocenters. The van der Waals surface area contributed by atoms with Gasteiger partial charge < -0.3 is 20.7 Å². The van der Waals surface area contributed by atoms with Gasteiger partial charge in [-0.3, -0.25) is 9.59 Å². The molecule has 1 amide bonds. The molecule has 0 aliphatic rings. The molecular formula is C13H14N4O3. The average molecular weight is 274 g/mol. The van der Waals surface area contributed by atoms with E-state index in [9.17, 15) is 9.59 Å². The van der Waals surface area contributed by atoms with E-state index < -0.39 is 18.4 Å². The number of carbonyl (C=O) groups is 2. The molecule has 0 spiro atoms. The van der Waals surface area contributed by atoms with Crippen LogP contribution in [-0.4, -0.2) is 33.1 Å². The van der Waals surface area contributed by atoms with Crippen LogP contribution in [0, 0.1) is 0 Å². The minimum atomic E-state index is -1.12. The van der Waals surface area contributed by atoms with Crippen molar-refractivity contribution in [3.05, 3.63) is 47.9 Å². The number of hydrogen-bond donors (Lipinski definition) is 3. The lowest BCUT2D eigenvalue weighted by Crippen LogP contribution is -2.31. The van der Waals surface area contributed by atoms with Crippen molar-refractivity contribution in [3.8, 4) is 0 Å². The monoisotopic (exact) mass is 274 g/mol. The summed E-state index contributed by atoms with van der Waals surface area (Å²) in [4.78, 5) is 26.3. The second-order valence-corrected chi connectivity index (χ2v) is 4.17. The van der Waals surface area contributed by atoms with Gasteiger partial charge in [0, 0.05) is 6.54 Å². The number of carbonyl (C=O) groups excluding carboxylic acids is 1. The van der Waals surface area contributed by atoms with Crippen LogP contribution in [-0.2, 0) is 11.3 Å². The van der Waals surface area contributed by atoms with Crippen molar-refractivity contribution in [2.75, 3.05) is 12.3 Å². The Morgan fingerprint density at radius 3 is 2.65 bits per heavy atom. The third-order valence-corrected chi connectivity index (χ3v) is 2.68. The molecule has 0 saturated carbocycles. The van der Waals surface area contributed by atoms with Crippen LogP contribution in [0.2, 0.25) is 0 Å². The number of hydrogen-bond acceptors (Lipinski definition) is 4. The highest BCUT2D eigenvalue weighted by Crippen LogP contribution is 2.12. The molecule has 1 aromatic heterocycles. The Morgan fingerprint density at radius 1 is 1.30 bits per heavy atom. The molecule has 20 heavy (non-hydrogen) atoms. The van der Waals surface area contributed by atoms with Gasteiger partial charge >= 0.3 is 5.97 Å². The molecule has 104 valence electrons. The molecular weight excluding hydrogens is 260 g/mol. The number of amides is 1. The first-order chi connectivity index (χ1) is 9.58. The van der Waals surface area contributed by atoms with Crippen LogP contribution in [0.3, 0.4) is 0 Å². The molecule has 0 saturated heterocycles. The van der Waals surface area contributed by atoms with Crippen LogP contribution < -0.4 is 11.1 Å². The van der Waals surface area contributed by atoms with Gasteiger partial charge in [0.2, 0.25) is 0 Å². The summed E-state index contributed by atoms with van der Waals surface area (Å²) in [7, 11) is 0. The Balaban J connectivity index is 2.19. The Kier molecular flexibility index (Phi) is 3.99. The third kappa shape index (κ3) is 3.14. The smallest absolute Gasteiger partial charge is 0.322 e. The van der Waals surface area contributed by atoms with E-state index in [1.807, 2.05) is 30.3 Å². The summed E-state index contributed by atoms with van der Waals surface area (Å²) < 4.78 is 1.59. The van der Waals surface area contributed by atoms with Gasteiger partial charge in [-0.1, -0.05) is 30.3 Å². The molecule has 0 aliphatic carbocycles. The molecule has 1 aromatic carbocycles. The van der Waals surface area contributed by atoms with Crippen molar-refractivity contribution in [1.29, 1.82) is 0 Å². The van der Waals surface area contributed by atoms with Crippen molar-refractivity contribution >= 4 is 17.7 Å². The number of carboxylic acids is 1. The number of aromatic nitrogens is 2. The minimum Gasteiger partial charge on any atom is -0.480 e. The summed E-state index contributed by atoms with van der Waals surface area (Å²) >= 11 is 0. The summed E-state index contributed by atoms with van der Waals surface area (Å²) in [5, 5.41) is 10.8. The summed E-state index contributed by atoms with van der Waals surface area (Å²) in [6.07, 6.45) is 1.46. The second-order valence-electron chi connectivity index (χ2n) is 4.17. The minimum absolute atomic E-state index is 0.0730. The van der Waals surface area contributed by atoms with E-state index in [0.29, 0.717) is 6.54 Å². The standard InChI is InChI=1S/C13H14N4O3/c14-12-11(13(20)15-6-10(18)19)17(8-16-12)7-9-4-2-1-3-5-9/h1-5,8H,6-7,14H2,(H,15,20)(H,18,19). The lowest BCUT2D eigenvalue weighted by Gasteiger charge is -2.08. The van der Waals surface area contributed by atoms with E-state index in [4.69, 9.17) is 10.8 Å². The maximum atomic E-state index is 11.9. The van der Waals surface area contributed by atoms with Gasteiger partial charge in [-0.15, -0.1) is 0 Å². The molecule has 1 heterocycles. The fourth-order valence-corrected chi connectivity index (χ4v) is 1.78. The van der Waals surface area contributed by atoms with Crippen molar-refractivity contribution in [2.24, 2.45) is 0 Å². The van der Waals surface area contributed by atoms with Crippen LogP contribution in [0.5, 0.6) is 0 Å². The number of nitrogens with zero attached hydrogens (tertiary/aromatic N) is 2. The number of imidazole rings is 1. The number of nitrogen functional groups attached to an aromatic ring is 1. The highest BCUT2D eigenvalue weighted by atomic mass is 16.4. The van der Waals surface area contributed by atoms with E-state index in [0.717, 1.165) is 5.56 Å². The van der Waals surface area contributed by atoms with Crippen LogP contribution in [0.1, 0.15) is 16.1 Å². The first kappa shape index (κ1) is 13.6. The van der Waals surface area contributed by atoms with Gasteiger partial charge in [-0.25, -0.2) is 4.98 Å². The number of nitrogens with one attached hydrogen (secondary N) is 1. The Hall–Kier alpha value is -2.83. The van der Waals surface area contributed by atoms with Gasteiger partial charge in [0.15, 0.2) is 11.5 Å². The fraction of sp³-hybridized carbons (Fsp3) is 0.154. The Morgan fingerprint density at radius 2 is 2.00 bits per heavy atom. The molecule has 0 bridgehead atoms. The van der Waals surface area contributed by atoms with E-state index in [-0.39, 0.29) is 11.5 Å². The fourth-order valence-electron chi connectivity index (χ4n) is 1.78. The largest absolute Gasteiger partial charge is 0.480 e. The highest BCUT2D eigenvalue weighted by Gasteiger charge is 2.17. The number of nitrogens with two attached hydrogens (primary N) is 1. The normalized spacial score (nSPS) is 10.2. The molecule has 0 fully saturated rings. The highest BCUT2D eigenvalue weighted by molar-refractivity contribution is 5.98. The number of anilines is 1. The first-order valence-electron chi connectivity index (χ1n) is 5.92. The summed E-state index contributed by atoms with van der Waals surface area (Å²) in [5.74, 6) is -1.60. The third-order valence-electron chi connectivity index (χ3n) is 2.68. The van der Waals surface area contributed by atoms with Gasteiger partial charge in [-0.05, 0) is 5.56 Å². The van der Waals surface area contributed by atoms with Crippen molar-refractivity contribution < 1.29 is 14.7 Å². The molecule has 2 aromatic rings. The van der Waals surface area contributed by atoms with Crippen LogP contribution in [0.25, 0.3) is 0 Å². The SMILES string of the molecule is Nc1ncn(Cc2ccccc2)c1C(=O)NCC(=O)O. The maximum Gasteiger partial charge on any atom is 0.322 e. The van der Waals surface area contributed by atoms with Crippen LogP contribution >= 0.6 is 0 Å². The molecule has 7 nitrogen and oxygen atoms in total. The van der Waals surface area contributed by atoms with Gasteiger partial charge in [-0.2, -0.15) is 0 Å². The van der Waals surface area contributed by atoms with E-state index in [1.54, 1.807) is 4.57 Å². The lowest BCUT2D eigenvalue weighted by atomic mass is 10.2. The molecule has 2 rings (SSSR count). The van der Waals surface area contributed by atoms with E-state index in [1.165, 1.54) is 6.33 Å². The van der Waals surface area contributed by atoms with Crippen LogP contribution in [0.15, 0.2) is 36.7 Å². The number of benzene rings is 1. The number of aliphatic carboxylic acids is 1. The topological polar surface area (TPSA) is 110 Å². The Labute approximate surface area is 115 Å².